The number of hydrogen-bond donors (Lipinski definition) is 1. The summed E-state index contributed by atoms with van der Waals surface area (Å²) in [5.41, 5.74) is 0. The number of aliphatic carboxylic acids is 4. The van der Waals surface area contributed by atoms with E-state index in [1.807, 2.05) is 0 Å². The van der Waals surface area contributed by atoms with E-state index in [2.05, 4.69) is 5.32 Å². The van der Waals surface area contributed by atoms with Gasteiger partial charge in [-0.05, 0) is 27.8 Å². The maximum atomic E-state index is 11.8. The van der Waals surface area contributed by atoms with Gasteiger partial charge < -0.3 is 44.9 Å². The molecular formula is C20H33GdN5O8-. The van der Waals surface area contributed by atoms with Crippen LogP contribution < -0.4 is 25.7 Å². The van der Waals surface area contributed by atoms with Gasteiger partial charge in [-0.1, -0.05) is 0 Å². The number of nitrogens with one attached hydrogen (secondary N) is 1. The van der Waals surface area contributed by atoms with Crippen molar-refractivity contribution < 1.29 is 79.5 Å². The fourth-order valence-electron chi connectivity index (χ4n) is 3.70. The Balaban J connectivity index is 0.0000109. The summed E-state index contributed by atoms with van der Waals surface area (Å²) in [6.45, 7) is 4.93. The predicted octanol–water partition coefficient (Wildman–Crippen LogP) is -7.08. The van der Waals surface area contributed by atoms with Crippen LogP contribution >= 0.6 is 0 Å². The molecule has 0 aliphatic carbocycles. The molecule has 1 rings (SSSR count). The van der Waals surface area contributed by atoms with Gasteiger partial charge in [0.05, 0.1) is 36.6 Å². The van der Waals surface area contributed by atoms with Crippen molar-refractivity contribution in [3.8, 4) is 0 Å². The van der Waals surface area contributed by atoms with Gasteiger partial charge in [-0.25, -0.2) is 0 Å². The molecule has 1 aliphatic heterocycles. The van der Waals surface area contributed by atoms with Crippen LogP contribution in [0, 0.1) is 39.9 Å². The second-order valence-electron chi connectivity index (χ2n) is 8.22. The monoisotopic (exact) mass is 629 g/mol. The SMILES string of the molecule is CNCC(C(=O)[O-])N1CCN(C(C)C(=O)[O-])CCN(C(C)C(=O)[O-])CN(C(C)C(=O)[O-])CC1.[Gd+3]. The summed E-state index contributed by atoms with van der Waals surface area (Å²) in [4.78, 5) is 52.5. The molecule has 14 heteroatoms. The Bertz CT molecular complexity index is 700. The summed E-state index contributed by atoms with van der Waals surface area (Å²) in [6.07, 6.45) is 0. The van der Waals surface area contributed by atoms with Crippen LogP contribution in [0.15, 0.2) is 0 Å². The number of carbonyl (C=O) groups is 4. The van der Waals surface area contributed by atoms with E-state index >= 15 is 0 Å². The molecule has 0 saturated carbocycles. The minimum atomic E-state index is -1.36. The van der Waals surface area contributed by atoms with E-state index in [-0.39, 0.29) is 92.4 Å². The van der Waals surface area contributed by atoms with Gasteiger partial charge in [0, 0.05) is 63.9 Å². The zero-order chi connectivity index (χ0) is 25.3. The molecule has 0 bridgehead atoms. The number of carboxylic acid groups (broad SMARTS) is 4. The van der Waals surface area contributed by atoms with Crippen LogP contribution in [0.3, 0.4) is 0 Å². The van der Waals surface area contributed by atoms with Crippen molar-refractivity contribution in [1.82, 2.24) is 24.9 Å². The number of carboxylic acids is 4. The van der Waals surface area contributed by atoms with E-state index < -0.39 is 48.0 Å². The maximum Gasteiger partial charge on any atom is 3.00 e. The average Bonchev–Trinajstić information content (AvgIpc) is 2.78. The van der Waals surface area contributed by atoms with Gasteiger partial charge in [-0.2, -0.15) is 0 Å². The third-order valence-electron chi connectivity index (χ3n) is 6.16. The Kier molecular flexibility index (Phi) is 15.4. The van der Waals surface area contributed by atoms with Crippen molar-refractivity contribution in [2.75, 3.05) is 59.5 Å². The summed E-state index contributed by atoms with van der Waals surface area (Å²) in [5.74, 6) is -5.38. The molecule has 0 aromatic carbocycles. The fourth-order valence-corrected chi connectivity index (χ4v) is 3.70. The van der Waals surface area contributed by atoms with E-state index in [1.165, 1.54) is 30.6 Å². The Morgan fingerprint density at radius 3 is 1.29 bits per heavy atom. The van der Waals surface area contributed by atoms with Crippen LogP contribution in [0.5, 0.6) is 0 Å². The largest absolute Gasteiger partial charge is 3.00 e. The molecule has 4 atom stereocenters. The van der Waals surface area contributed by atoms with Crippen molar-refractivity contribution in [3.63, 3.8) is 0 Å². The van der Waals surface area contributed by atoms with Crippen molar-refractivity contribution in [2.24, 2.45) is 0 Å². The van der Waals surface area contributed by atoms with Gasteiger partial charge >= 0.3 is 39.9 Å². The van der Waals surface area contributed by atoms with Crippen LogP contribution in [-0.4, -0.2) is 127 Å². The maximum absolute atomic E-state index is 11.8. The molecule has 1 aliphatic rings. The quantitative estimate of drug-likeness (QED) is 0.241. The molecule has 34 heavy (non-hydrogen) atoms. The molecule has 0 amide bonds. The second-order valence-corrected chi connectivity index (χ2v) is 8.22. The molecule has 195 valence electrons. The Morgan fingerprint density at radius 2 is 0.971 bits per heavy atom. The molecule has 0 aromatic heterocycles. The number of likely N-dealkylation sites (N-methyl/N-ethyl adjacent to an activating group) is 1. The summed E-state index contributed by atoms with van der Waals surface area (Å²) >= 11 is 0. The van der Waals surface area contributed by atoms with Crippen molar-refractivity contribution in [2.45, 2.75) is 44.9 Å². The van der Waals surface area contributed by atoms with Crippen LogP contribution in [0.2, 0.25) is 0 Å². The third-order valence-corrected chi connectivity index (χ3v) is 6.16. The van der Waals surface area contributed by atoms with Crippen molar-refractivity contribution >= 4 is 23.9 Å². The number of hydrogen-bond acceptors (Lipinski definition) is 13. The molecular weight excluding hydrogens is 595 g/mol. The van der Waals surface area contributed by atoms with Gasteiger partial charge in [0.1, 0.15) is 0 Å². The molecule has 1 saturated heterocycles. The minimum Gasteiger partial charge on any atom is -0.548 e. The average molecular weight is 629 g/mol. The van der Waals surface area contributed by atoms with E-state index in [0.29, 0.717) is 0 Å². The first kappa shape index (κ1) is 33.0. The van der Waals surface area contributed by atoms with E-state index in [4.69, 9.17) is 0 Å². The third kappa shape index (κ3) is 9.94. The van der Waals surface area contributed by atoms with Gasteiger partial charge in [0.15, 0.2) is 0 Å². The van der Waals surface area contributed by atoms with Crippen LogP contribution in [0.4, 0.5) is 0 Å². The van der Waals surface area contributed by atoms with Crippen molar-refractivity contribution in [3.05, 3.63) is 0 Å². The molecule has 1 fully saturated rings. The summed E-state index contributed by atoms with van der Waals surface area (Å²) < 4.78 is 0. The van der Waals surface area contributed by atoms with Crippen LogP contribution in [-0.2, 0) is 19.2 Å². The zero-order valence-electron chi connectivity index (χ0n) is 19.9. The van der Waals surface area contributed by atoms with Crippen LogP contribution in [0.1, 0.15) is 20.8 Å². The standard InChI is InChI=1S/C20H37N5O8.Gd/c1-13(17(26)27)22-5-7-23(16(11-21-4)20(32)33)8-10-25(15(3)19(30)31)12-24(9-6-22)14(2)18(28)29;/h13-16,21H,5-12H2,1-4H3,(H,26,27)(H,28,29)(H,30,31)(H,32,33);/q;+3/p-4. The van der Waals surface area contributed by atoms with Gasteiger partial charge in [0.25, 0.3) is 0 Å². The molecule has 1 N–H and O–H groups in total. The summed E-state index contributed by atoms with van der Waals surface area (Å²) in [5, 5.41) is 49.2. The first-order chi connectivity index (χ1) is 15.4. The zero-order valence-corrected chi connectivity index (χ0v) is 22.1. The van der Waals surface area contributed by atoms with Gasteiger partial charge in [0.2, 0.25) is 0 Å². The minimum absolute atomic E-state index is 0. The molecule has 1 radical (unpaired) electrons. The first-order valence-corrected chi connectivity index (χ1v) is 10.8. The summed E-state index contributed by atoms with van der Waals surface area (Å²) in [6, 6.07) is -4.24. The predicted molar refractivity (Wildman–Crippen MR) is 108 cm³/mol. The normalized spacial score (nSPS) is 21.3. The van der Waals surface area contributed by atoms with E-state index in [9.17, 15) is 39.6 Å². The molecule has 0 aromatic rings. The molecule has 4 unspecified atom stereocenters. The fraction of sp³-hybridized carbons (Fsp3) is 0.800. The van der Waals surface area contributed by atoms with E-state index in [1.54, 1.807) is 16.8 Å². The van der Waals surface area contributed by atoms with Crippen LogP contribution in [0.25, 0.3) is 0 Å². The Hall–Kier alpha value is -0.995. The second kappa shape index (κ2) is 15.9. The molecule has 0 spiro atoms. The van der Waals surface area contributed by atoms with E-state index in [0.717, 1.165) is 0 Å². The topological polar surface area (TPSA) is 186 Å². The number of carbonyl (C=O) groups excluding carboxylic acids is 4. The Morgan fingerprint density at radius 1 is 0.647 bits per heavy atom. The van der Waals surface area contributed by atoms with Crippen molar-refractivity contribution in [1.29, 1.82) is 0 Å². The summed E-state index contributed by atoms with van der Waals surface area (Å²) in [7, 11) is 1.58. The molecule has 1 heterocycles. The number of nitrogens with zero attached hydrogens (tertiary/aromatic N) is 4. The number of rotatable bonds is 10. The molecule has 13 nitrogen and oxygen atoms in total. The first-order valence-electron chi connectivity index (χ1n) is 10.8. The van der Waals surface area contributed by atoms with Gasteiger partial charge in [-0.3, -0.25) is 19.6 Å². The smallest absolute Gasteiger partial charge is 0.548 e. The van der Waals surface area contributed by atoms with Gasteiger partial charge in [-0.15, -0.1) is 0 Å². The Labute approximate surface area is 231 Å².